The SMILES string of the molecule is O=S(=O)(CCC1CCCO1)NCC1CCn2ccnc2C1. The summed E-state index contributed by atoms with van der Waals surface area (Å²) in [5, 5.41) is 0. The van der Waals surface area contributed by atoms with E-state index in [2.05, 4.69) is 14.3 Å². The van der Waals surface area contributed by atoms with Crippen LogP contribution in [0.5, 0.6) is 0 Å². The Bertz CT molecular complexity index is 564. The molecule has 0 aromatic carbocycles. The van der Waals surface area contributed by atoms with Gasteiger partial charge >= 0.3 is 0 Å². The summed E-state index contributed by atoms with van der Waals surface area (Å²) in [7, 11) is -3.19. The highest BCUT2D eigenvalue weighted by Gasteiger charge is 2.23. The lowest BCUT2D eigenvalue weighted by atomic mass is 9.98. The lowest BCUT2D eigenvalue weighted by Gasteiger charge is -2.23. The molecule has 0 radical (unpaired) electrons. The zero-order valence-corrected chi connectivity index (χ0v) is 13.0. The number of aryl methyl sites for hydroxylation is 1. The molecule has 118 valence electrons. The van der Waals surface area contributed by atoms with E-state index in [1.165, 1.54) is 0 Å². The van der Waals surface area contributed by atoms with Crippen molar-refractivity contribution in [3.8, 4) is 0 Å². The molecule has 0 spiro atoms. The van der Waals surface area contributed by atoms with Gasteiger partial charge < -0.3 is 9.30 Å². The van der Waals surface area contributed by atoms with Crippen LogP contribution in [0.3, 0.4) is 0 Å². The van der Waals surface area contributed by atoms with Gasteiger partial charge in [0.2, 0.25) is 10.0 Å². The summed E-state index contributed by atoms with van der Waals surface area (Å²) < 4.78 is 34.4. The molecule has 2 atom stereocenters. The number of nitrogens with zero attached hydrogens (tertiary/aromatic N) is 2. The van der Waals surface area contributed by atoms with Gasteiger partial charge in [-0.25, -0.2) is 18.1 Å². The predicted molar refractivity (Wildman–Crippen MR) is 79.4 cm³/mol. The molecule has 1 aromatic heterocycles. The zero-order valence-electron chi connectivity index (χ0n) is 12.2. The summed E-state index contributed by atoms with van der Waals surface area (Å²) in [6.45, 7) is 2.21. The maximum absolute atomic E-state index is 12.0. The van der Waals surface area contributed by atoms with Crippen LogP contribution in [0.4, 0.5) is 0 Å². The molecule has 2 aliphatic heterocycles. The molecular weight excluding hydrogens is 290 g/mol. The van der Waals surface area contributed by atoms with Crippen LogP contribution in [0.1, 0.15) is 31.5 Å². The van der Waals surface area contributed by atoms with Crippen LogP contribution in [0.2, 0.25) is 0 Å². The Morgan fingerprint density at radius 1 is 1.43 bits per heavy atom. The molecule has 1 fully saturated rings. The highest BCUT2D eigenvalue weighted by molar-refractivity contribution is 7.89. The number of ether oxygens (including phenoxy) is 1. The second-order valence-electron chi connectivity index (χ2n) is 5.99. The Balaban J connectivity index is 1.43. The smallest absolute Gasteiger partial charge is 0.211 e. The van der Waals surface area contributed by atoms with Crippen molar-refractivity contribution < 1.29 is 13.2 Å². The number of imidazole rings is 1. The van der Waals surface area contributed by atoms with E-state index in [0.717, 1.165) is 44.7 Å². The van der Waals surface area contributed by atoms with Gasteiger partial charge in [0, 0.05) is 38.5 Å². The summed E-state index contributed by atoms with van der Waals surface area (Å²) in [4.78, 5) is 4.31. The fourth-order valence-electron chi connectivity index (χ4n) is 3.07. The van der Waals surface area contributed by atoms with Crippen LogP contribution in [-0.2, 0) is 27.7 Å². The first kappa shape index (κ1) is 15.0. The molecule has 21 heavy (non-hydrogen) atoms. The second kappa shape index (κ2) is 6.46. The Morgan fingerprint density at radius 3 is 3.14 bits per heavy atom. The van der Waals surface area contributed by atoms with E-state index < -0.39 is 10.0 Å². The van der Waals surface area contributed by atoms with E-state index in [-0.39, 0.29) is 11.9 Å². The van der Waals surface area contributed by atoms with Gasteiger partial charge in [-0.2, -0.15) is 0 Å². The van der Waals surface area contributed by atoms with E-state index >= 15 is 0 Å². The van der Waals surface area contributed by atoms with Gasteiger partial charge in [0.05, 0.1) is 11.9 Å². The van der Waals surface area contributed by atoms with Gasteiger partial charge in [0.15, 0.2) is 0 Å². The minimum Gasteiger partial charge on any atom is -0.378 e. The van der Waals surface area contributed by atoms with E-state index in [1.807, 2.05) is 12.4 Å². The number of hydrogen-bond donors (Lipinski definition) is 1. The molecule has 0 aliphatic carbocycles. The van der Waals surface area contributed by atoms with Crippen LogP contribution in [-0.4, -0.2) is 43.0 Å². The lowest BCUT2D eigenvalue weighted by Crippen LogP contribution is -2.35. The van der Waals surface area contributed by atoms with Gasteiger partial charge in [-0.05, 0) is 31.6 Å². The Labute approximate surface area is 125 Å². The maximum atomic E-state index is 12.0. The van der Waals surface area contributed by atoms with E-state index in [9.17, 15) is 8.42 Å². The molecule has 1 aromatic rings. The highest BCUT2D eigenvalue weighted by atomic mass is 32.2. The molecule has 0 bridgehead atoms. The number of hydrogen-bond acceptors (Lipinski definition) is 4. The van der Waals surface area contributed by atoms with Crippen molar-refractivity contribution >= 4 is 10.0 Å². The molecule has 7 heteroatoms. The predicted octanol–water partition coefficient (Wildman–Crippen LogP) is 0.934. The van der Waals surface area contributed by atoms with Crippen molar-refractivity contribution in [2.45, 2.75) is 44.8 Å². The summed E-state index contributed by atoms with van der Waals surface area (Å²) >= 11 is 0. The third-order valence-electron chi connectivity index (χ3n) is 4.38. The number of fused-ring (bicyclic) bond motifs is 1. The summed E-state index contributed by atoms with van der Waals surface area (Å²) in [6.07, 6.45) is 8.40. The maximum Gasteiger partial charge on any atom is 0.211 e. The largest absolute Gasteiger partial charge is 0.378 e. The Hall–Kier alpha value is -0.920. The molecule has 1 saturated heterocycles. The van der Waals surface area contributed by atoms with Gasteiger partial charge in [0.1, 0.15) is 5.82 Å². The quantitative estimate of drug-likeness (QED) is 0.848. The number of sulfonamides is 1. The van der Waals surface area contributed by atoms with Crippen molar-refractivity contribution in [1.82, 2.24) is 14.3 Å². The molecule has 0 amide bonds. The molecule has 6 nitrogen and oxygen atoms in total. The number of rotatable bonds is 6. The van der Waals surface area contributed by atoms with E-state index in [0.29, 0.717) is 18.9 Å². The molecule has 2 unspecified atom stereocenters. The van der Waals surface area contributed by atoms with Gasteiger partial charge in [-0.1, -0.05) is 0 Å². The topological polar surface area (TPSA) is 73.2 Å². The molecule has 2 aliphatic rings. The van der Waals surface area contributed by atoms with Crippen molar-refractivity contribution in [3.05, 3.63) is 18.2 Å². The van der Waals surface area contributed by atoms with Crippen LogP contribution in [0.25, 0.3) is 0 Å². The Morgan fingerprint density at radius 2 is 2.33 bits per heavy atom. The first-order chi connectivity index (χ1) is 10.1. The first-order valence-electron chi connectivity index (χ1n) is 7.71. The normalized spacial score (nSPS) is 25.9. The first-order valence-corrected chi connectivity index (χ1v) is 9.36. The average molecular weight is 313 g/mol. The van der Waals surface area contributed by atoms with Crippen molar-refractivity contribution in [2.24, 2.45) is 5.92 Å². The third kappa shape index (κ3) is 4.05. The van der Waals surface area contributed by atoms with Crippen LogP contribution in [0, 0.1) is 5.92 Å². The fraction of sp³-hybridized carbons (Fsp3) is 0.786. The van der Waals surface area contributed by atoms with E-state index in [4.69, 9.17) is 4.74 Å². The highest BCUT2D eigenvalue weighted by Crippen LogP contribution is 2.19. The molecule has 0 saturated carbocycles. The van der Waals surface area contributed by atoms with Gasteiger partial charge in [-0.15, -0.1) is 0 Å². The van der Waals surface area contributed by atoms with Crippen molar-refractivity contribution in [2.75, 3.05) is 18.9 Å². The van der Waals surface area contributed by atoms with E-state index in [1.54, 1.807) is 0 Å². The third-order valence-corrected chi connectivity index (χ3v) is 5.76. The summed E-state index contributed by atoms with van der Waals surface area (Å²) in [5.74, 6) is 1.57. The molecule has 3 rings (SSSR count). The molecule has 1 N–H and O–H groups in total. The molecular formula is C14H23N3O3S. The standard InChI is InChI=1S/C14H23N3O3S/c18-21(19,9-4-13-2-1-8-20-13)16-11-12-3-6-17-7-5-15-14(17)10-12/h5,7,12-13,16H,1-4,6,8-11H2. The summed E-state index contributed by atoms with van der Waals surface area (Å²) in [6, 6.07) is 0. The van der Waals surface area contributed by atoms with Crippen molar-refractivity contribution in [1.29, 1.82) is 0 Å². The average Bonchev–Trinajstić information content (AvgIpc) is 3.13. The van der Waals surface area contributed by atoms with Crippen LogP contribution < -0.4 is 4.72 Å². The van der Waals surface area contributed by atoms with Crippen LogP contribution in [0.15, 0.2) is 12.4 Å². The van der Waals surface area contributed by atoms with Gasteiger partial charge in [0.25, 0.3) is 0 Å². The van der Waals surface area contributed by atoms with Crippen molar-refractivity contribution in [3.63, 3.8) is 0 Å². The lowest BCUT2D eigenvalue weighted by molar-refractivity contribution is 0.109. The number of aromatic nitrogens is 2. The van der Waals surface area contributed by atoms with Crippen LogP contribution >= 0.6 is 0 Å². The molecule has 3 heterocycles. The monoisotopic (exact) mass is 313 g/mol. The minimum absolute atomic E-state index is 0.128. The zero-order chi connectivity index (χ0) is 14.7. The number of nitrogens with one attached hydrogen (secondary N) is 1. The summed E-state index contributed by atoms with van der Waals surface area (Å²) in [5.41, 5.74) is 0. The van der Waals surface area contributed by atoms with Gasteiger partial charge in [-0.3, -0.25) is 0 Å². The second-order valence-corrected chi connectivity index (χ2v) is 7.91. The Kier molecular flexibility index (Phi) is 4.61. The minimum atomic E-state index is -3.19. The fourth-order valence-corrected chi connectivity index (χ4v) is 4.27.